The lowest BCUT2D eigenvalue weighted by molar-refractivity contribution is 0.112. The molecule has 0 N–H and O–H groups in total. The Labute approximate surface area is 103 Å². The number of hydrogen-bond acceptors (Lipinski definition) is 4. The maximum Gasteiger partial charge on any atom is 0.155 e. The number of carbonyl (C=O) groups is 1. The fraction of sp³-hybridized carbons (Fsp3) is 0.273. The van der Waals surface area contributed by atoms with Crippen LogP contribution in [0.4, 0.5) is 0 Å². The van der Waals surface area contributed by atoms with Gasteiger partial charge < -0.3 is 0 Å². The summed E-state index contributed by atoms with van der Waals surface area (Å²) in [5, 5.41) is 4.32. The first kappa shape index (κ1) is 11.7. The van der Waals surface area contributed by atoms with E-state index in [2.05, 4.69) is 15.1 Å². The van der Waals surface area contributed by atoms with E-state index in [0.29, 0.717) is 29.9 Å². The Hall–Kier alpha value is -1.75. The van der Waals surface area contributed by atoms with E-state index in [1.165, 1.54) is 0 Å². The van der Waals surface area contributed by atoms with Crippen molar-refractivity contribution in [3.63, 3.8) is 0 Å². The van der Waals surface area contributed by atoms with Gasteiger partial charge in [-0.2, -0.15) is 5.10 Å². The number of aryl methyl sites for hydroxylation is 2. The Kier molecular flexibility index (Phi) is 3.19. The Morgan fingerprint density at radius 3 is 2.88 bits per heavy atom. The zero-order chi connectivity index (χ0) is 12.4. The molecule has 0 aromatic carbocycles. The van der Waals surface area contributed by atoms with Crippen molar-refractivity contribution in [1.82, 2.24) is 19.7 Å². The SMILES string of the molecule is CCn1nccc1-c1nc(C)nc(Cl)c1C=O. The molecule has 0 aliphatic heterocycles. The van der Waals surface area contributed by atoms with Crippen LogP contribution in [0.1, 0.15) is 23.1 Å². The van der Waals surface area contributed by atoms with E-state index in [4.69, 9.17) is 11.6 Å². The van der Waals surface area contributed by atoms with Crippen LogP contribution in [-0.2, 0) is 6.54 Å². The number of rotatable bonds is 3. The quantitative estimate of drug-likeness (QED) is 0.619. The van der Waals surface area contributed by atoms with Gasteiger partial charge in [0.1, 0.15) is 16.7 Å². The summed E-state index contributed by atoms with van der Waals surface area (Å²) in [5.41, 5.74) is 1.59. The highest BCUT2D eigenvalue weighted by molar-refractivity contribution is 6.32. The molecule has 0 radical (unpaired) electrons. The Morgan fingerprint density at radius 2 is 2.24 bits per heavy atom. The summed E-state index contributed by atoms with van der Waals surface area (Å²) in [6.45, 7) is 4.39. The second-order valence-electron chi connectivity index (χ2n) is 3.47. The van der Waals surface area contributed by atoms with E-state index in [9.17, 15) is 4.79 Å². The highest BCUT2D eigenvalue weighted by Crippen LogP contribution is 2.24. The standard InChI is InChI=1S/C11H11ClN4O/c1-3-16-9(4-5-13-16)10-8(6-17)11(12)15-7(2)14-10/h4-6H,3H2,1-2H3. The molecule has 5 nitrogen and oxygen atoms in total. The molecule has 2 aromatic heterocycles. The van der Waals surface area contributed by atoms with Crippen LogP contribution < -0.4 is 0 Å². The van der Waals surface area contributed by atoms with Gasteiger partial charge in [0.05, 0.1) is 11.3 Å². The summed E-state index contributed by atoms with van der Waals surface area (Å²) >= 11 is 5.94. The molecule has 0 amide bonds. The van der Waals surface area contributed by atoms with Gasteiger partial charge in [0.2, 0.25) is 0 Å². The van der Waals surface area contributed by atoms with E-state index in [0.717, 1.165) is 5.69 Å². The molecular formula is C11H11ClN4O. The maximum absolute atomic E-state index is 11.1. The summed E-state index contributed by atoms with van der Waals surface area (Å²) in [5.74, 6) is 0.527. The molecule has 88 valence electrons. The molecule has 17 heavy (non-hydrogen) atoms. The van der Waals surface area contributed by atoms with Crippen LogP contribution >= 0.6 is 11.6 Å². The van der Waals surface area contributed by atoms with Crippen molar-refractivity contribution in [3.8, 4) is 11.4 Å². The molecule has 2 aromatic rings. The van der Waals surface area contributed by atoms with Crippen LogP contribution in [0.25, 0.3) is 11.4 Å². The van der Waals surface area contributed by atoms with E-state index in [1.54, 1.807) is 23.9 Å². The van der Waals surface area contributed by atoms with Crippen LogP contribution in [0.3, 0.4) is 0 Å². The summed E-state index contributed by atoms with van der Waals surface area (Å²) in [7, 11) is 0. The molecule has 0 fully saturated rings. The monoisotopic (exact) mass is 250 g/mol. The van der Waals surface area contributed by atoms with Crippen LogP contribution in [0.15, 0.2) is 12.3 Å². The lowest BCUT2D eigenvalue weighted by Crippen LogP contribution is -2.05. The number of aldehydes is 1. The average Bonchev–Trinajstić information content (AvgIpc) is 2.75. The minimum absolute atomic E-state index is 0.173. The summed E-state index contributed by atoms with van der Waals surface area (Å²) in [4.78, 5) is 19.3. The summed E-state index contributed by atoms with van der Waals surface area (Å²) in [6, 6.07) is 1.80. The minimum Gasteiger partial charge on any atom is -0.298 e. The third kappa shape index (κ3) is 2.06. The van der Waals surface area contributed by atoms with Gasteiger partial charge in [-0.3, -0.25) is 9.48 Å². The highest BCUT2D eigenvalue weighted by atomic mass is 35.5. The van der Waals surface area contributed by atoms with Gasteiger partial charge in [-0.15, -0.1) is 0 Å². The first-order chi connectivity index (χ1) is 8.17. The Morgan fingerprint density at radius 1 is 1.47 bits per heavy atom. The Balaban J connectivity index is 2.70. The lowest BCUT2D eigenvalue weighted by atomic mass is 10.2. The second-order valence-corrected chi connectivity index (χ2v) is 3.83. The lowest BCUT2D eigenvalue weighted by Gasteiger charge is -2.08. The van der Waals surface area contributed by atoms with E-state index >= 15 is 0 Å². The molecule has 0 unspecified atom stereocenters. The van der Waals surface area contributed by atoms with Gasteiger partial charge in [-0.05, 0) is 19.9 Å². The van der Waals surface area contributed by atoms with Gasteiger partial charge >= 0.3 is 0 Å². The molecule has 0 aliphatic rings. The zero-order valence-corrected chi connectivity index (χ0v) is 10.3. The number of hydrogen-bond donors (Lipinski definition) is 0. The molecule has 0 saturated heterocycles. The van der Waals surface area contributed by atoms with Crippen LogP contribution in [0.5, 0.6) is 0 Å². The fourth-order valence-corrected chi connectivity index (χ4v) is 1.89. The molecule has 0 aliphatic carbocycles. The minimum atomic E-state index is 0.173. The normalized spacial score (nSPS) is 10.5. The first-order valence-corrected chi connectivity index (χ1v) is 5.56. The molecule has 0 saturated carbocycles. The number of halogens is 1. The number of nitrogens with zero attached hydrogens (tertiary/aromatic N) is 4. The van der Waals surface area contributed by atoms with E-state index < -0.39 is 0 Å². The van der Waals surface area contributed by atoms with Crippen LogP contribution in [0.2, 0.25) is 5.15 Å². The van der Waals surface area contributed by atoms with Crippen molar-refractivity contribution < 1.29 is 4.79 Å². The molecule has 2 rings (SSSR count). The second kappa shape index (κ2) is 4.63. The van der Waals surface area contributed by atoms with Crippen LogP contribution in [0, 0.1) is 6.92 Å². The van der Waals surface area contributed by atoms with Gasteiger partial charge in [0, 0.05) is 12.7 Å². The third-order valence-electron chi connectivity index (χ3n) is 2.39. The van der Waals surface area contributed by atoms with Gasteiger partial charge in [-0.1, -0.05) is 11.6 Å². The number of aromatic nitrogens is 4. The molecule has 0 bridgehead atoms. The topological polar surface area (TPSA) is 60.7 Å². The predicted molar refractivity (Wildman–Crippen MR) is 64.1 cm³/mol. The van der Waals surface area contributed by atoms with Crippen molar-refractivity contribution >= 4 is 17.9 Å². The van der Waals surface area contributed by atoms with Gasteiger partial charge in [-0.25, -0.2) is 9.97 Å². The molecular weight excluding hydrogens is 240 g/mol. The average molecular weight is 251 g/mol. The van der Waals surface area contributed by atoms with Crippen molar-refractivity contribution in [2.45, 2.75) is 20.4 Å². The van der Waals surface area contributed by atoms with E-state index in [1.807, 2.05) is 6.92 Å². The van der Waals surface area contributed by atoms with Crippen LogP contribution in [-0.4, -0.2) is 26.0 Å². The molecule has 0 spiro atoms. The molecule has 6 heteroatoms. The van der Waals surface area contributed by atoms with Crippen molar-refractivity contribution in [2.24, 2.45) is 0 Å². The van der Waals surface area contributed by atoms with E-state index in [-0.39, 0.29) is 5.15 Å². The molecule has 2 heterocycles. The third-order valence-corrected chi connectivity index (χ3v) is 2.68. The molecule has 0 atom stereocenters. The van der Waals surface area contributed by atoms with Gasteiger partial charge in [0.25, 0.3) is 0 Å². The first-order valence-electron chi connectivity index (χ1n) is 5.18. The fourth-order valence-electron chi connectivity index (χ4n) is 1.63. The van der Waals surface area contributed by atoms with Crippen molar-refractivity contribution in [1.29, 1.82) is 0 Å². The highest BCUT2D eigenvalue weighted by Gasteiger charge is 2.15. The summed E-state index contributed by atoms with van der Waals surface area (Å²) < 4.78 is 1.76. The van der Waals surface area contributed by atoms with Gasteiger partial charge in [0.15, 0.2) is 6.29 Å². The smallest absolute Gasteiger partial charge is 0.155 e. The predicted octanol–water partition coefficient (Wildman–Crippen LogP) is 2.13. The maximum atomic E-state index is 11.1. The van der Waals surface area contributed by atoms with Crippen molar-refractivity contribution in [3.05, 3.63) is 28.8 Å². The zero-order valence-electron chi connectivity index (χ0n) is 9.51. The largest absolute Gasteiger partial charge is 0.298 e. The summed E-state index contributed by atoms with van der Waals surface area (Å²) in [6.07, 6.45) is 2.34. The number of carbonyl (C=O) groups excluding carboxylic acids is 1. The Bertz CT molecular complexity index is 565. The van der Waals surface area contributed by atoms with Crippen molar-refractivity contribution in [2.75, 3.05) is 0 Å².